The third-order valence-electron chi connectivity index (χ3n) is 2.14. The molecule has 1 aromatic rings. The van der Waals surface area contributed by atoms with Crippen molar-refractivity contribution in [3.8, 4) is 0 Å². The van der Waals surface area contributed by atoms with Crippen molar-refractivity contribution in [2.24, 2.45) is 0 Å². The van der Waals surface area contributed by atoms with Gasteiger partial charge in [0.2, 0.25) is 0 Å². The lowest BCUT2D eigenvalue weighted by atomic mass is 9.91. The number of ketones is 1. The number of hydrogen-bond acceptors (Lipinski definition) is 2. The van der Waals surface area contributed by atoms with Crippen molar-refractivity contribution in [1.29, 1.82) is 0 Å². The summed E-state index contributed by atoms with van der Waals surface area (Å²) < 4.78 is 0. The molecule has 0 saturated heterocycles. The molecular weight excluding hydrogens is 180 g/mol. The third-order valence-corrected chi connectivity index (χ3v) is 2.68. The lowest BCUT2D eigenvalue weighted by Crippen LogP contribution is -2.14. The van der Waals surface area contributed by atoms with Crippen LogP contribution in [0.15, 0.2) is 35.9 Å². The Bertz CT molecular complexity index is 429. The molecule has 0 aromatic heterocycles. The number of thiocarbonyl (C=S) groups is 1. The molecule has 0 heterocycles. The van der Waals surface area contributed by atoms with Crippen molar-refractivity contribution in [2.75, 3.05) is 0 Å². The zero-order chi connectivity index (χ0) is 9.42. The minimum atomic E-state index is 0.0571. The Morgan fingerprint density at radius 3 is 2.46 bits per heavy atom. The minimum absolute atomic E-state index is 0.0571. The fraction of sp³-hybridized carbons (Fsp3) is 0.0909. The maximum absolute atomic E-state index is 11.5. The summed E-state index contributed by atoms with van der Waals surface area (Å²) in [7, 11) is 0. The number of fused-ring (bicyclic) bond motifs is 1. The molecule has 0 aliphatic heterocycles. The molecule has 1 nitrogen and oxygen atoms in total. The van der Waals surface area contributed by atoms with E-state index in [1.165, 1.54) is 0 Å². The van der Waals surface area contributed by atoms with Gasteiger partial charge in [-0.1, -0.05) is 36.5 Å². The molecule has 0 spiro atoms. The Kier molecular flexibility index (Phi) is 1.85. The molecule has 64 valence electrons. The van der Waals surface area contributed by atoms with Crippen LogP contribution in [0, 0.1) is 0 Å². The number of benzene rings is 1. The van der Waals surface area contributed by atoms with Crippen LogP contribution in [0.3, 0.4) is 0 Å². The lowest BCUT2D eigenvalue weighted by Gasteiger charge is -2.13. The molecule has 0 saturated carbocycles. The van der Waals surface area contributed by atoms with E-state index in [1.54, 1.807) is 6.08 Å². The quantitative estimate of drug-likeness (QED) is 0.582. The van der Waals surface area contributed by atoms with Crippen LogP contribution in [-0.4, -0.2) is 10.6 Å². The molecule has 0 bridgehead atoms. The molecule has 2 rings (SSSR count). The van der Waals surface area contributed by atoms with E-state index in [1.807, 2.05) is 31.2 Å². The molecule has 0 radical (unpaired) electrons. The van der Waals surface area contributed by atoms with Crippen molar-refractivity contribution in [3.05, 3.63) is 47.0 Å². The maximum Gasteiger partial charge on any atom is 0.186 e. The number of allylic oxidation sites excluding steroid dienone is 2. The number of rotatable bonds is 0. The fourth-order valence-corrected chi connectivity index (χ4v) is 1.69. The van der Waals surface area contributed by atoms with Crippen LogP contribution >= 0.6 is 12.2 Å². The van der Waals surface area contributed by atoms with E-state index in [-0.39, 0.29) is 5.78 Å². The van der Waals surface area contributed by atoms with Crippen LogP contribution in [0.25, 0.3) is 0 Å². The first-order chi connectivity index (χ1) is 6.20. The molecule has 0 fully saturated rings. The standard InChI is InChI=1S/C11H8OS/c1-7-6-10(12)8-4-2-3-5-9(8)11(7)13/h2-6H,1H3. The van der Waals surface area contributed by atoms with Crippen molar-refractivity contribution in [3.63, 3.8) is 0 Å². The van der Waals surface area contributed by atoms with Crippen molar-refractivity contribution in [2.45, 2.75) is 6.92 Å². The first-order valence-corrected chi connectivity index (χ1v) is 4.47. The summed E-state index contributed by atoms with van der Waals surface area (Å²) in [6.45, 7) is 1.87. The largest absolute Gasteiger partial charge is 0.289 e. The molecule has 2 heteroatoms. The Morgan fingerprint density at radius 1 is 1.15 bits per heavy atom. The van der Waals surface area contributed by atoms with Gasteiger partial charge in [-0.05, 0) is 18.6 Å². The lowest BCUT2D eigenvalue weighted by molar-refractivity contribution is 0.104. The number of carbonyl (C=O) groups excluding carboxylic acids is 1. The summed E-state index contributed by atoms with van der Waals surface area (Å²) in [6.07, 6.45) is 1.60. The van der Waals surface area contributed by atoms with Gasteiger partial charge in [-0.2, -0.15) is 0 Å². The average molecular weight is 188 g/mol. The molecule has 0 N–H and O–H groups in total. The van der Waals surface area contributed by atoms with Gasteiger partial charge in [-0.25, -0.2) is 0 Å². The van der Waals surface area contributed by atoms with Gasteiger partial charge in [0.1, 0.15) is 0 Å². The minimum Gasteiger partial charge on any atom is -0.289 e. The SMILES string of the molecule is CC1=CC(=O)c2ccccc2C1=S. The van der Waals surface area contributed by atoms with E-state index in [9.17, 15) is 4.79 Å². The highest BCUT2D eigenvalue weighted by Gasteiger charge is 2.18. The predicted octanol–water partition coefficient (Wildman–Crippen LogP) is 2.55. The molecule has 0 unspecified atom stereocenters. The van der Waals surface area contributed by atoms with Gasteiger partial charge in [0.05, 0.1) is 0 Å². The summed E-state index contributed by atoms with van der Waals surface area (Å²) in [4.78, 5) is 12.3. The predicted molar refractivity (Wildman–Crippen MR) is 56.2 cm³/mol. The van der Waals surface area contributed by atoms with Gasteiger partial charge in [0, 0.05) is 16.0 Å². The molecular formula is C11H8OS. The van der Waals surface area contributed by atoms with Gasteiger partial charge >= 0.3 is 0 Å². The Balaban J connectivity index is 2.69. The molecule has 1 aliphatic carbocycles. The number of hydrogen-bond donors (Lipinski definition) is 0. The van der Waals surface area contributed by atoms with E-state index < -0.39 is 0 Å². The molecule has 1 aromatic carbocycles. The summed E-state index contributed by atoms with van der Waals surface area (Å²) in [5, 5.41) is 0. The maximum atomic E-state index is 11.5. The Morgan fingerprint density at radius 2 is 1.77 bits per heavy atom. The monoisotopic (exact) mass is 188 g/mol. The van der Waals surface area contributed by atoms with Crippen molar-refractivity contribution in [1.82, 2.24) is 0 Å². The third kappa shape index (κ3) is 1.23. The molecule has 0 atom stereocenters. The molecule has 13 heavy (non-hydrogen) atoms. The second kappa shape index (κ2) is 2.89. The first kappa shape index (κ1) is 8.32. The van der Waals surface area contributed by atoms with E-state index in [2.05, 4.69) is 0 Å². The fourth-order valence-electron chi connectivity index (χ4n) is 1.45. The second-order valence-corrected chi connectivity index (χ2v) is 3.47. The van der Waals surface area contributed by atoms with Crippen LogP contribution in [0.1, 0.15) is 22.8 Å². The summed E-state index contributed by atoms with van der Waals surface area (Å²) in [5.41, 5.74) is 2.50. The van der Waals surface area contributed by atoms with E-state index in [0.29, 0.717) is 0 Å². The van der Waals surface area contributed by atoms with E-state index in [0.717, 1.165) is 21.6 Å². The Hall–Kier alpha value is -1.28. The van der Waals surface area contributed by atoms with Crippen LogP contribution in [0.5, 0.6) is 0 Å². The summed E-state index contributed by atoms with van der Waals surface area (Å²) in [6, 6.07) is 7.46. The van der Waals surface area contributed by atoms with Crippen molar-refractivity contribution < 1.29 is 4.79 Å². The molecule has 0 amide bonds. The van der Waals surface area contributed by atoms with Crippen LogP contribution in [0.4, 0.5) is 0 Å². The van der Waals surface area contributed by atoms with Gasteiger partial charge in [-0.15, -0.1) is 0 Å². The highest BCUT2D eigenvalue weighted by atomic mass is 32.1. The van der Waals surface area contributed by atoms with Gasteiger partial charge in [0.15, 0.2) is 5.78 Å². The van der Waals surface area contributed by atoms with Crippen LogP contribution < -0.4 is 0 Å². The van der Waals surface area contributed by atoms with Gasteiger partial charge in [-0.3, -0.25) is 4.79 Å². The number of carbonyl (C=O) groups is 1. The van der Waals surface area contributed by atoms with Gasteiger partial charge < -0.3 is 0 Å². The topological polar surface area (TPSA) is 17.1 Å². The summed E-state index contributed by atoms with van der Waals surface area (Å²) in [5.74, 6) is 0.0571. The highest BCUT2D eigenvalue weighted by molar-refractivity contribution is 7.81. The van der Waals surface area contributed by atoms with Gasteiger partial charge in [0.25, 0.3) is 0 Å². The van der Waals surface area contributed by atoms with E-state index in [4.69, 9.17) is 12.2 Å². The first-order valence-electron chi connectivity index (χ1n) is 4.06. The second-order valence-electron chi connectivity index (χ2n) is 3.07. The summed E-state index contributed by atoms with van der Waals surface area (Å²) >= 11 is 5.22. The Labute approximate surface area is 82.1 Å². The van der Waals surface area contributed by atoms with Crippen LogP contribution in [-0.2, 0) is 0 Å². The molecule has 1 aliphatic rings. The highest BCUT2D eigenvalue weighted by Crippen LogP contribution is 2.21. The zero-order valence-corrected chi connectivity index (χ0v) is 8.02. The smallest absolute Gasteiger partial charge is 0.186 e. The average Bonchev–Trinajstić information content (AvgIpc) is 2.15. The normalized spacial score (nSPS) is 15.3. The van der Waals surface area contributed by atoms with Crippen molar-refractivity contribution >= 4 is 22.9 Å². The van der Waals surface area contributed by atoms with E-state index >= 15 is 0 Å². The van der Waals surface area contributed by atoms with Crippen LogP contribution in [0.2, 0.25) is 0 Å². The zero-order valence-electron chi connectivity index (χ0n) is 7.20.